The van der Waals surface area contributed by atoms with E-state index in [0.29, 0.717) is 11.6 Å². The number of hydrogen-bond acceptors (Lipinski definition) is 4. The molecule has 0 bridgehead atoms. The number of nitrogens with zero attached hydrogens (tertiary/aromatic N) is 2. The number of imidazole rings is 1. The van der Waals surface area contributed by atoms with Crippen molar-refractivity contribution in [3.05, 3.63) is 47.8 Å². The third kappa shape index (κ3) is 4.98. The summed E-state index contributed by atoms with van der Waals surface area (Å²) in [6.45, 7) is 0. The number of fused-ring (bicyclic) bond motifs is 1. The van der Waals surface area contributed by atoms with Crippen molar-refractivity contribution in [1.82, 2.24) is 9.97 Å². The predicted octanol–water partition coefficient (Wildman–Crippen LogP) is 5.83. The van der Waals surface area contributed by atoms with Crippen LogP contribution in [-0.2, 0) is 0 Å². The molecule has 32 heavy (non-hydrogen) atoms. The van der Waals surface area contributed by atoms with Crippen LogP contribution in [0.4, 0.5) is 24.5 Å². The van der Waals surface area contributed by atoms with Crippen LogP contribution in [0.5, 0.6) is 5.75 Å². The molecule has 2 N–H and O–H groups in total. The normalized spacial score (nSPS) is 15.0. The Kier molecular flexibility index (Phi) is 5.99. The van der Waals surface area contributed by atoms with Gasteiger partial charge in [0.25, 0.3) is 5.91 Å². The van der Waals surface area contributed by atoms with Crippen LogP contribution in [0.1, 0.15) is 54.2 Å². The van der Waals surface area contributed by atoms with Gasteiger partial charge in [-0.15, -0.1) is 13.2 Å². The largest absolute Gasteiger partial charge is 0.573 e. The van der Waals surface area contributed by atoms with E-state index in [0.717, 1.165) is 47.5 Å². The summed E-state index contributed by atoms with van der Waals surface area (Å²) in [6, 6.07) is 8.59. The Morgan fingerprint density at radius 1 is 1.12 bits per heavy atom. The molecule has 0 radical (unpaired) electrons. The van der Waals surface area contributed by atoms with Crippen LogP contribution < -0.4 is 15.0 Å². The Morgan fingerprint density at radius 2 is 1.81 bits per heavy atom. The monoisotopic (exact) mass is 446 g/mol. The lowest BCUT2D eigenvalue weighted by molar-refractivity contribution is -0.274. The number of rotatable bonds is 5. The van der Waals surface area contributed by atoms with Crippen molar-refractivity contribution >= 4 is 28.3 Å². The van der Waals surface area contributed by atoms with Crippen molar-refractivity contribution in [3.63, 3.8) is 0 Å². The highest BCUT2D eigenvalue weighted by Crippen LogP contribution is 2.35. The Balaban J connectivity index is 1.58. The molecule has 4 rings (SSSR count). The summed E-state index contributed by atoms with van der Waals surface area (Å²) in [5.74, 6) is 0.595. The molecule has 1 aliphatic carbocycles. The molecule has 0 saturated heterocycles. The van der Waals surface area contributed by atoms with Crippen molar-refractivity contribution in [3.8, 4) is 5.75 Å². The van der Waals surface area contributed by atoms with E-state index in [1.54, 1.807) is 0 Å². The minimum atomic E-state index is -4.78. The summed E-state index contributed by atoms with van der Waals surface area (Å²) in [5, 5.41) is 2.87. The fourth-order valence-corrected chi connectivity index (χ4v) is 4.11. The summed E-state index contributed by atoms with van der Waals surface area (Å²) in [6.07, 6.45) is 1.15. The van der Waals surface area contributed by atoms with Gasteiger partial charge >= 0.3 is 6.36 Å². The number of amides is 1. The number of alkyl halides is 3. The number of aromatic nitrogens is 2. The molecule has 6 nitrogen and oxygen atoms in total. The fourth-order valence-electron chi connectivity index (χ4n) is 4.11. The molecule has 0 unspecified atom stereocenters. The van der Waals surface area contributed by atoms with Crippen molar-refractivity contribution in [2.24, 2.45) is 0 Å². The van der Waals surface area contributed by atoms with Crippen molar-refractivity contribution < 1.29 is 22.7 Å². The lowest BCUT2D eigenvalue weighted by Gasteiger charge is -2.18. The minimum Gasteiger partial charge on any atom is -0.406 e. The first-order valence-corrected chi connectivity index (χ1v) is 10.6. The average molecular weight is 446 g/mol. The first kappa shape index (κ1) is 22.0. The van der Waals surface area contributed by atoms with E-state index in [9.17, 15) is 18.0 Å². The number of anilines is 2. The summed E-state index contributed by atoms with van der Waals surface area (Å²) in [5.41, 5.74) is 3.25. The molecule has 1 aliphatic rings. The lowest BCUT2D eigenvalue weighted by atomic mass is 9.89. The summed E-state index contributed by atoms with van der Waals surface area (Å²) >= 11 is 0. The van der Waals surface area contributed by atoms with Gasteiger partial charge in [-0.2, -0.15) is 0 Å². The minimum absolute atomic E-state index is 0.219. The number of hydrogen-bond donors (Lipinski definition) is 2. The van der Waals surface area contributed by atoms with Crippen molar-refractivity contribution in [2.75, 3.05) is 24.3 Å². The standard InChI is InChI=1S/C23H25F3N4O2/c1-30(2)20-13-18-17(27-21(28-18)14-6-4-3-5-7-14)12-19(20)29-22(31)15-8-10-16(11-9-15)32-23(24,25)26/h8-14H,3-7H2,1-2H3,(H,27,28)(H,29,31). The van der Waals surface area contributed by atoms with Crippen LogP contribution >= 0.6 is 0 Å². The number of carbonyl (C=O) groups is 1. The van der Waals surface area contributed by atoms with Gasteiger partial charge in [-0.25, -0.2) is 4.98 Å². The van der Waals surface area contributed by atoms with E-state index < -0.39 is 12.3 Å². The van der Waals surface area contributed by atoms with E-state index in [-0.39, 0.29) is 11.3 Å². The molecule has 0 atom stereocenters. The Morgan fingerprint density at radius 3 is 2.44 bits per heavy atom. The van der Waals surface area contributed by atoms with Crippen LogP contribution in [0.3, 0.4) is 0 Å². The lowest BCUT2D eigenvalue weighted by Crippen LogP contribution is -2.18. The number of halogens is 3. The number of H-pyrrole nitrogens is 1. The maximum Gasteiger partial charge on any atom is 0.573 e. The highest BCUT2D eigenvalue weighted by Gasteiger charge is 2.31. The highest BCUT2D eigenvalue weighted by molar-refractivity contribution is 6.07. The predicted molar refractivity (Wildman–Crippen MR) is 117 cm³/mol. The summed E-state index contributed by atoms with van der Waals surface area (Å²) in [7, 11) is 3.74. The molecule has 1 saturated carbocycles. The van der Waals surface area contributed by atoms with E-state index in [1.165, 1.54) is 31.4 Å². The molecular weight excluding hydrogens is 421 g/mol. The molecule has 1 heterocycles. The van der Waals surface area contributed by atoms with E-state index >= 15 is 0 Å². The highest BCUT2D eigenvalue weighted by atomic mass is 19.4. The van der Waals surface area contributed by atoms with Crippen molar-refractivity contribution in [1.29, 1.82) is 0 Å². The maximum atomic E-state index is 12.8. The van der Waals surface area contributed by atoms with Gasteiger partial charge in [0, 0.05) is 25.6 Å². The fraction of sp³-hybridized carbons (Fsp3) is 0.391. The van der Waals surface area contributed by atoms with Crippen LogP contribution in [-0.4, -0.2) is 36.3 Å². The molecular formula is C23H25F3N4O2. The van der Waals surface area contributed by atoms with Crippen LogP contribution in [0.15, 0.2) is 36.4 Å². The van der Waals surface area contributed by atoms with E-state index in [4.69, 9.17) is 4.98 Å². The molecule has 2 aromatic carbocycles. The molecule has 3 aromatic rings. The first-order valence-electron chi connectivity index (χ1n) is 10.6. The molecule has 0 aliphatic heterocycles. The molecule has 1 amide bonds. The Hall–Kier alpha value is -3.23. The van der Waals surface area contributed by atoms with Gasteiger partial charge in [-0.1, -0.05) is 19.3 Å². The maximum absolute atomic E-state index is 12.8. The molecule has 9 heteroatoms. The average Bonchev–Trinajstić information content (AvgIpc) is 3.16. The van der Waals surface area contributed by atoms with Gasteiger partial charge in [0.05, 0.1) is 22.4 Å². The third-order valence-electron chi connectivity index (χ3n) is 5.69. The molecule has 0 spiro atoms. The summed E-state index contributed by atoms with van der Waals surface area (Å²) in [4.78, 5) is 22.8. The van der Waals surface area contributed by atoms with E-state index in [2.05, 4.69) is 15.0 Å². The van der Waals surface area contributed by atoms with Gasteiger partial charge in [-0.3, -0.25) is 4.79 Å². The third-order valence-corrected chi connectivity index (χ3v) is 5.69. The summed E-state index contributed by atoms with van der Waals surface area (Å²) < 4.78 is 40.9. The number of nitrogens with one attached hydrogen (secondary N) is 2. The topological polar surface area (TPSA) is 70.2 Å². The van der Waals surface area contributed by atoms with Crippen LogP contribution in [0.25, 0.3) is 11.0 Å². The van der Waals surface area contributed by atoms with Gasteiger partial charge in [-0.05, 0) is 49.2 Å². The zero-order valence-corrected chi connectivity index (χ0v) is 17.9. The van der Waals surface area contributed by atoms with Crippen LogP contribution in [0, 0.1) is 0 Å². The SMILES string of the molecule is CN(C)c1cc2nc(C3CCCCC3)[nH]c2cc1NC(=O)c1ccc(OC(F)(F)F)cc1. The van der Waals surface area contributed by atoms with Gasteiger partial charge in [0.2, 0.25) is 0 Å². The quantitative estimate of drug-likeness (QED) is 0.518. The van der Waals surface area contributed by atoms with Crippen LogP contribution in [0.2, 0.25) is 0 Å². The molecule has 1 fully saturated rings. The van der Waals surface area contributed by atoms with Crippen molar-refractivity contribution in [2.45, 2.75) is 44.4 Å². The van der Waals surface area contributed by atoms with Gasteiger partial charge in [0.15, 0.2) is 0 Å². The van der Waals surface area contributed by atoms with Gasteiger partial charge < -0.3 is 19.9 Å². The second-order valence-electron chi connectivity index (χ2n) is 8.26. The molecule has 1 aromatic heterocycles. The Labute approximate surface area is 183 Å². The second-order valence-corrected chi connectivity index (χ2v) is 8.26. The second kappa shape index (κ2) is 8.72. The van der Waals surface area contributed by atoms with Gasteiger partial charge in [0.1, 0.15) is 11.6 Å². The zero-order valence-electron chi connectivity index (χ0n) is 17.9. The number of carbonyl (C=O) groups excluding carboxylic acids is 1. The number of ether oxygens (including phenoxy) is 1. The van der Waals surface area contributed by atoms with E-state index in [1.807, 2.05) is 31.1 Å². The smallest absolute Gasteiger partial charge is 0.406 e. The first-order chi connectivity index (χ1) is 15.2. The number of aromatic amines is 1. The Bertz CT molecular complexity index is 1100. The molecule has 170 valence electrons. The number of benzene rings is 2. The zero-order chi connectivity index (χ0) is 22.9.